The third-order valence-corrected chi connectivity index (χ3v) is 2.48. The van der Waals surface area contributed by atoms with E-state index in [4.69, 9.17) is 0 Å². The van der Waals surface area contributed by atoms with Crippen LogP contribution in [0.15, 0.2) is 0 Å². The highest BCUT2D eigenvalue weighted by Gasteiger charge is 2.22. The van der Waals surface area contributed by atoms with Crippen molar-refractivity contribution in [3.8, 4) is 0 Å². The van der Waals surface area contributed by atoms with Gasteiger partial charge < -0.3 is 4.74 Å². The van der Waals surface area contributed by atoms with Gasteiger partial charge in [0.2, 0.25) is 0 Å². The monoisotopic (exact) mass is 243 g/mol. The first-order valence-corrected chi connectivity index (χ1v) is 4.57. The van der Waals surface area contributed by atoms with Gasteiger partial charge in [0.1, 0.15) is 6.04 Å². The van der Waals surface area contributed by atoms with Crippen molar-refractivity contribution in [3.05, 3.63) is 0 Å². The van der Waals surface area contributed by atoms with E-state index < -0.39 is 0 Å². The summed E-state index contributed by atoms with van der Waals surface area (Å²) in [5, 5.41) is 0. The zero-order valence-corrected chi connectivity index (χ0v) is 10.3. The van der Waals surface area contributed by atoms with Crippen molar-refractivity contribution >= 4 is 30.8 Å². The van der Waals surface area contributed by atoms with Crippen molar-refractivity contribution in [1.29, 1.82) is 0 Å². The van der Waals surface area contributed by atoms with E-state index in [9.17, 15) is 4.79 Å². The number of methoxy groups -OCH3 is 1. The summed E-state index contributed by atoms with van der Waals surface area (Å²) in [5.41, 5.74) is 0. The normalized spacial score (nSPS) is 18.7. The Balaban J connectivity index is 0. The highest BCUT2D eigenvalue weighted by Crippen LogP contribution is 2.12. The molecule has 0 radical (unpaired) electrons. The number of carbonyl (C=O) groups is 1. The van der Waals surface area contributed by atoms with Crippen LogP contribution in [0.5, 0.6) is 0 Å². The molecule has 86 valence electrons. The lowest BCUT2D eigenvalue weighted by Gasteiger charge is -2.30. The molecule has 1 heterocycles. The van der Waals surface area contributed by atoms with Gasteiger partial charge in [0.05, 0.1) is 7.11 Å². The number of likely N-dealkylation sites (tertiary alicyclic amines) is 1. The Kier molecular flexibility index (Phi) is 9.78. The number of piperidine rings is 1. The summed E-state index contributed by atoms with van der Waals surface area (Å²) in [6, 6.07) is -0.0599. The molecule has 0 saturated carbocycles. The second kappa shape index (κ2) is 8.33. The Hall–Kier alpha value is 0.01000. The number of esters is 1. The molecular formula is C9H19Cl2NO2. The number of rotatable bonds is 2. The lowest BCUT2D eigenvalue weighted by atomic mass is 10.1. The summed E-state index contributed by atoms with van der Waals surface area (Å²) < 4.78 is 4.68. The van der Waals surface area contributed by atoms with Gasteiger partial charge in [-0.1, -0.05) is 6.42 Å². The van der Waals surface area contributed by atoms with E-state index in [0.717, 1.165) is 13.1 Å². The fourth-order valence-corrected chi connectivity index (χ4v) is 1.63. The van der Waals surface area contributed by atoms with E-state index in [1.165, 1.54) is 26.4 Å². The van der Waals surface area contributed by atoms with E-state index in [1.54, 1.807) is 0 Å². The zero-order valence-electron chi connectivity index (χ0n) is 8.69. The van der Waals surface area contributed by atoms with Crippen molar-refractivity contribution in [2.24, 2.45) is 0 Å². The van der Waals surface area contributed by atoms with Crippen LogP contribution in [0.3, 0.4) is 0 Å². The largest absolute Gasteiger partial charge is 0.468 e. The summed E-state index contributed by atoms with van der Waals surface area (Å²) in [7, 11) is 1.45. The van der Waals surface area contributed by atoms with Gasteiger partial charge in [-0.25, -0.2) is 0 Å². The second-order valence-corrected chi connectivity index (χ2v) is 3.30. The molecule has 3 nitrogen and oxygen atoms in total. The molecular weight excluding hydrogens is 225 g/mol. The van der Waals surface area contributed by atoms with Crippen molar-refractivity contribution in [3.63, 3.8) is 0 Å². The molecule has 1 saturated heterocycles. The SMILES string of the molecule is COC(=O)C(C)N1CCCCC1.Cl.Cl. The molecule has 1 aliphatic rings. The van der Waals surface area contributed by atoms with Crippen molar-refractivity contribution in [2.75, 3.05) is 20.2 Å². The summed E-state index contributed by atoms with van der Waals surface area (Å²) in [6.07, 6.45) is 3.72. The van der Waals surface area contributed by atoms with Crippen molar-refractivity contribution < 1.29 is 9.53 Å². The van der Waals surface area contributed by atoms with Crippen LogP contribution in [0, 0.1) is 0 Å². The molecule has 5 heteroatoms. The number of nitrogens with zero attached hydrogens (tertiary/aromatic N) is 1. The summed E-state index contributed by atoms with van der Waals surface area (Å²) >= 11 is 0. The maximum Gasteiger partial charge on any atom is 0.322 e. The average Bonchev–Trinajstić information content (AvgIpc) is 2.17. The average molecular weight is 244 g/mol. The molecule has 14 heavy (non-hydrogen) atoms. The zero-order chi connectivity index (χ0) is 8.97. The third-order valence-electron chi connectivity index (χ3n) is 2.48. The molecule has 1 unspecified atom stereocenters. The standard InChI is InChI=1S/C9H17NO2.2ClH/c1-8(9(11)12-2)10-6-4-3-5-7-10;;/h8H,3-7H2,1-2H3;2*1H. The number of hydrogen-bond donors (Lipinski definition) is 0. The number of halogens is 2. The Morgan fingerprint density at radius 3 is 2.14 bits per heavy atom. The number of carbonyl (C=O) groups excluding carboxylic acids is 1. The predicted octanol–water partition coefficient (Wildman–Crippen LogP) is 1.88. The van der Waals surface area contributed by atoms with Gasteiger partial charge in [0.25, 0.3) is 0 Å². The Bertz CT molecular complexity index is 161. The molecule has 0 spiro atoms. The topological polar surface area (TPSA) is 29.5 Å². The maximum atomic E-state index is 11.1. The van der Waals surface area contributed by atoms with E-state index in [-0.39, 0.29) is 36.8 Å². The van der Waals surface area contributed by atoms with Crippen LogP contribution in [0.1, 0.15) is 26.2 Å². The van der Waals surface area contributed by atoms with Crippen LogP contribution in [-0.2, 0) is 9.53 Å². The minimum atomic E-state index is -0.114. The highest BCUT2D eigenvalue weighted by atomic mass is 35.5. The number of ether oxygens (including phenoxy) is 1. The van der Waals surface area contributed by atoms with Gasteiger partial charge in [-0.15, -0.1) is 24.8 Å². The van der Waals surface area contributed by atoms with Crippen LogP contribution in [0.2, 0.25) is 0 Å². The maximum absolute atomic E-state index is 11.1. The van der Waals surface area contributed by atoms with Crippen molar-refractivity contribution in [1.82, 2.24) is 4.90 Å². The molecule has 0 aromatic carbocycles. The summed E-state index contributed by atoms with van der Waals surface area (Å²) in [5.74, 6) is -0.114. The Labute approximate surface area is 98.0 Å². The van der Waals surface area contributed by atoms with Gasteiger partial charge in [-0.05, 0) is 32.9 Å². The molecule has 0 aromatic rings. The van der Waals surface area contributed by atoms with Crippen LogP contribution in [0.4, 0.5) is 0 Å². The molecule has 0 aliphatic carbocycles. The first-order valence-electron chi connectivity index (χ1n) is 4.57. The van der Waals surface area contributed by atoms with Gasteiger partial charge in [0.15, 0.2) is 0 Å². The van der Waals surface area contributed by atoms with Gasteiger partial charge in [-0.2, -0.15) is 0 Å². The lowest BCUT2D eigenvalue weighted by molar-refractivity contribution is -0.146. The fraction of sp³-hybridized carbons (Fsp3) is 0.889. The van der Waals surface area contributed by atoms with E-state index >= 15 is 0 Å². The molecule has 0 N–H and O–H groups in total. The molecule has 1 fully saturated rings. The van der Waals surface area contributed by atoms with Crippen LogP contribution in [-0.4, -0.2) is 37.1 Å². The van der Waals surface area contributed by atoms with E-state index in [0.29, 0.717) is 0 Å². The highest BCUT2D eigenvalue weighted by molar-refractivity contribution is 5.85. The van der Waals surface area contributed by atoms with Crippen LogP contribution >= 0.6 is 24.8 Å². The molecule has 0 amide bonds. The third kappa shape index (κ3) is 4.49. The van der Waals surface area contributed by atoms with Gasteiger partial charge >= 0.3 is 5.97 Å². The second-order valence-electron chi connectivity index (χ2n) is 3.30. The van der Waals surface area contributed by atoms with Gasteiger partial charge in [-0.3, -0.25) is 9.69 Å². The molecule has 1 atom stereocenters. The Morgan fingerprint density at radius 2 is 1.71 bits per heavy atom. The molecule has 1 rings (SSSR count). The first-order chi connectivity index (χ1) is 5.75. The molecule has 1 aliphatic heterocycles. The fourth-order valence-electron chi connectivity index (χ4n) is 1.63. The van der Waals surface area contributed by atoms with Crippen molar-refractivity contribution in [2.45, 2.75) is 32.2 Å². The quantitative estimate of drug-likeness (QED) is 0.694. The first kappa shape index (κ1) is 16.4. The molecule has 0 bridgehead atoms. The lowest BCUT2D eigenvalue weighted by Crippen LogP contribution is -2.42. The molecule has 0 aromatic heterocycles. The predicted molar refractivity (Wildman–Crippen MR) is 61.4 cm³/mol. The summed E-state index contributed by atoms with van der Waals surface area (Å²) in [4.78, 5) is 13.3. The minimum absolute atomic E-state index is 0. The van der Waals surface area contributed by atoms with Crippen LogP contribution < -0.4 is 0 Å². The van der Waals surface area contributed by atoms with E-state index in [1.807, 2.05) is 6.92 Å². The smallest absolute Gasteiger partial charge is 0.322 e. The summed E-state index contributed by atoms with van der Waals surface area (Å²) in [6.45, 7) is 3.99. The van der Waals surface area contributed by atoms with E-state index in [2.05, 4.69) is 9.64 Å². The van der Waals surface area contributed by atoms with Gasteiger partial charge in [0, 0.05) is 0 Å². The number of hydrogen-bond acceptors (Lipinski definition) is 3. The van der Waals surface area contributed by atoms with Crippen LogP contribution in [0.25, 0.3) is 0 Å². The minimum Gasteiger partial charge on any atom is -0.468 e. The Morgan fingerprint density at radius 1 is 1.21 bits per heavy atom.